The Morgan fingerprint density at radius 3 is 0.835 bits per heavy atom. The third kappa shape index (κ3) is 16.0. The highest BCUT2D eigenvalue weighted by atomic mass is 16.7. The normalized spacial score (nSPS) is 24.0. The minimum atomic E-state index is -1.37. The van der Waals surface area contributed by atoms with E-state index in [1.807, 2.05) is 243 Å². The Labute approximate surface area is 464 Å². The number of aliphatic hydroxyl groups is 1. The van der Waals surface area contributed by atoms with Gasteiger partial charge in [-0.2, -0.15) is 0 Å². The van der Waals surface area contributed by atoms with Gasteiger partial charge < -0.3 is 52.5 Å². The quantitative estimate of drug-likeness (QED) is 0.0531. The van der Waals surface area contributed by atoms with Gasteiger partial charge in [0.15, 0.2) is 6.29 Å². The summed E-state index contributed by atoms with van der Waals surface area (Å²) in [6.45, 7) is 1.84. The summed E-state index contributed by atoms with van der Waals surface area (Å²) in [6, 6.07) is 79.8. The maximum atomic E-state index is 13.3. The van der Waals surface area contributed by atoms with Crippen LogP contribution in [0.3, 0.4) is 0 Å². The molecule has 1 saturated heterocycles. The van der Waals surface area contributed by atoms with Gasteiger partial charge in [-0.25, -0.2) is 0 Å². The number of rotatable bonds is 27. The van der Waals surface area contributed by atoms with Crippen molar-refractivity contribution in [2.24, 2.45) is 0 Å². The van der Waals surface area contributed by atoms with Crippen molar-refractivity contribution >= 4 is 0 Å². The molecular formula is C68H70O11. The zero-order valence-corrected chi connectivity index (χ0v) is 44.3. The van der Waals surface area contributed by atoms with Crippen LogP contribution in [0.15, 0.2) is 243 Å². The molecule has 10 rings (SSSR count). The number of benzene rings is 8. The van der Waals surface area contributed by atoms with Gasteiger partial charge in [0.05, 0.1) is 59.5 Å². The first kappa shape index (κ1) is 55.6. The van der Waals surface area contributed by atoms with Gasteiger partial charge in [0.25, 0.3) is 0 Å². The molecule has 79 heavy (non-hydrogen) atoms. The molecule has 1 saturated carbocycles. The van der Waals surface area contributed by atoms with Crippen molar-refractivity contribution < 1.29 is 52.5 Å². The molecule has 11 atom stereocenters. The van der Waals surface area contributed by atoms with Gasteiger partial charge in [-0.3, -0.25) is 0 Å². The standard InChI is InChI=1S/C68H70O11/c69-59-61(72-43-52-29-13-3-14-30-52)64(74-45-54-33-17-5-18-34-54)66(76-47-56-37-21-7-22-38-56)65(75-46-55-35-19-6-20-36-55)62(59)79-68-67(77-48-57-39-23-8-24-40-57)63(73-44-53-31-15-4-16-32-53)60(71-42-51-27-11-2-12-28-51)58(78-68)49-70-41-50-25-9-1-10-26-50/h1-40,58-69H,41-49H2/t58-,59-,60-,61-,62-,63+,64+,65-,66-,67+,68-/m1/s1. The second-order valence-electron chi connectivity index (χ2n) is 20.0. The summed E-state index contributed by atoms with van der Waals surface area (Å²) in [4.78, 5) is 0. The topological polar surface area (TPSA) is 113 Å². The summed E-state index contributed by atoms with van der Waals surface area (Å²) in [5.41, 5.74) is 7.60. The zero-order valence-electron chi connectivity index (χ0n) is 44.3. The first-order valence-electron chi connectivity index (χ1n) is 27.3. The highest BCUT2D eigenvalue weighted by Crippen LogP contribution is 2.39. The van der Waals surface area contributed by atoms with Gasteiger partial charge in [-0.05, 0) is 44.5 Å². The van der Waals surface area contributed by atoms with Crippen LogP contribution in [-0.2, 0) is 100 Å². The molecule has 11 heteroatoms. The maximum Gasteiger partial charge on any atom is 0.187 e. The van der Waals surface area contributed by atoms with Crippen LogP contribution in [0.25, 0.3) is 0 Å². The lowest BCUT2D eigenvalue weighted by molar-refractivity contribution is -0.363. The smallest absolute Gasteiger partial charge is 0.187 e. The van der Waals surface area contributed by atoms with Gasteiger partial charge in [0.2, 0.25) is 0 Å². The summed E-state index contributed by atoms with van der Waals surface area (Å²) in [7, 11) is 0. The van der Waals surface area contributed by atoms with E-state index in [1.54, 1.807) is 0 Å². The number of hydrogen-bond acceptors (Lipinski definition) is 11. The molecule has 0 bridgehead atoms. The lowest BCUT2D eigenvalue weighted by Gasteiger charge is -2.51. The molecule has 2 aliphatic rings. The lowest BCUT2D eigenvalue weighted by atomic mass is 9.83. The molecule has 0 radical (unpaired) electrons. The van der Waals surface area contributed by atoms with Crippen LogP contribution in [0.2, 0.25) is 0 Å². The SMILES string of the molecule is O[C@@H]1[C@@H](OCc2ccccc2)[C@H](OCc2ccccc2)[C@@H](OCc2ccccc2)[C@H](OCc2ccccc2)[C@@H]1O[C@H]1O[C@H](COCc2ccccc2)[C@@H](OCc2ccccc2)[C@H](OCc2ccccc2)[C@@H]1OCc1ccccc1. The fourth-order valence-corrected chi connectivity index (χ4v) is 10.1. The van der Waals surface area contributed by atoms with Crippen LogP contribution in [0, 0.1) is 0 Å². The fourth-order valence-electron chi connectivity index (χ4n) is 10.1. The Bertz CT molecular complexity index is 2910. The van der Waals surface area contributed by atoms with Crippen LogP contribution >= 0.6 is 0 Å². The van der Waals surface area contributed by atoms with Gasteiger partial charge in [-0.1, -0.05) is 243 Å². The van der Waals surface area contributed by atoms with Crippen molar-refractivity contribution in [3.05, 3.63) is 287 Å². The van der Waals surface area contributed by atoms with E-state index in [-0.39, 0.29) is 52.9 Å². The molecule has 1 aliphatic heterocycles. The summed E-state index contributed by atoms with van der Waals surface area (Å²) < 4.78 is 70.7. The Hall–Kier alpha value is -6.68. The van der Waals surface area contributed by atoms with Crippen LogP contribution in [0.4, 0.5) is 0 Å². The van der Waals surface area contributed by atoms with Crippen LogP contribution < -0.4 is 0 Å². The molecule has 0 spiro atoms. The summed E-state index contributed by atoms with van der Waals surface area (Å²) in [5, 5.41) is 13.3. The van der Waals surface area contributed by atoms with E-state index < -0.39 is 67.3 Å². The van der Waals surface area contributed by atoms with E-state index in [0.717, 1.165) is 44.5 Å². The first-order chi connectivity index (χ1) is 39.1. The fraction of sp³-hybridized carbons (Fsp3) is 0.294. The summed E-state index contributed by atoms with van der Waals surface area (Å²) in [6.07, 6.45) is -10.7. The van der Waals surface area contributed by atoms with Crippen LogP contribution in [-0.4, -0.2) is 79.0 Å². The van der Waals surface area contributed by atoms with Crippen molar-refractivity contribution in [1.82, 2.24) is 0 Å². The van der Waals surface area contributed by atoms with Crippen molar-refractivity contribution in [2.75, 3.05) is 6.61 Å². The molecule has 2 fully saturated rings. The third-order valence-corrected chi connectivity index (χ3v) is 14.2. The van der Waals surface area contributed by atoms with Gasteiger partial charge in [0, 0.05) is 0 Å². The van der Waals surface area contributed by atoms with E-state index in [9.17, 15) is 5.11 Å². The highest BCUT2D eigenvalue weighted by Gasteiger charge is 2.57. The monoisotopic (exact) mass is 1060 g/mol. The highest BCUT2D eigenvalue weighted by molar-refractivity contribution is 5.20. The van der Waals surface area contributed by atoms with Gasteiger partial charge in [0.1, 0.15) is 61.0 Å². The van der Waals surface area contributed by atoms with E-state index in [1.165, 1.54) is 0 Å². The van der Waals surface area contributed by atoms with E-state index in [2.05, 4.69) is 0 Å². The van der Waals surface area contributed by atoms with Crippen LogP contribution in [0.1, 0.15) is 44.5 Å². The van der Waals surface area contributed by atoms with Gasteiger partial charge in [-0.15, -0.1) is 0 Å². The minimum Gasteiger partial charge on any atom is -0.387 e. The molecule has 8 aromatic carbocycles. The van der Waals surface area contributed by atoms with Crippen molar-refractivity contribution in [1.29, 1.82) is 0 Å². The molecular weight excluding hydrogens is 993 g/mol. The number of ether oxygens (including phenoxy) is 10. The Morgan fingerprint density at radius 2 is 0.506 bits per heavy atom. The molecule has 1 heterocycles. The number of aliphatic hydroxyl groups excluding tert-OH is 1. The Morgan fingerprint density at radius 1 is 0.266 bits per heavy atom. The summed E-state index contributed by atoms with van der Waals surface area (Å²) in [5.74, 6) is 0. The molecule has 0 aromatic heterocycles. The number of hydrogen-bond donors (Lipinski definition) is 1. The lowest BCUT2D eigenvalue weighted by Crippen LogP contribution is -2.69. The third-order valence-electron chi connectivity index (χ3n) is 14.2. The largest absolute Gasteiger partial charge is 0.387 e. The average molecular weight is 1060 g/mol. The van der Waals surface area contributed by atoms with E-state index in [0.29, 0.717) is 6.61 Å². The van der Waals surface area contributed by atoms with E-state index in [4.69, 9.17) is 47.4 Å². The summed E-state index contributed by atoms with van der Waals surface area (Å²) >= 11 is 0. The predicted octanol–water partition coefficient (Wildman–Crippen LogP) is 11.8. The Balaban J connectivity index is 1.07. The average Bonchev–Trinajstić information content (AvgIpc) is 3.51. The molecule has 0 unspecified atom stereocenters. The molecule has 1 N–H and O–H groups in total. The molecule has 0 amide bonds. The van der Waals surface area contributed by atoms with Gasteiger partial charge >= 0.3 is 0 Å². The molecule has 8 aromatic rings. The second kappa shape index (κ2) is 29.5. The Kier molecular flexibility index (Phi) is 20.8. The maximum absolute atomic E-state index is 13.3. The van der Waals surface area contributed by atoms with Crippen LogP contribution in [0.5, 0.6) is 0 Å². The zero-order chi connectivity index (χ0) is 53.7. The molecule has 11 nitrogen and oxygen atoms in total. The first-order valence-corrected chi connectivity index (χ1v) is 27.3. The van der Waals surface area contributed by atoms with Crippen molar-refractivity contribution in [3.63, 3.8) is 0 Å². The molecule has 408 valence electrons. The predicted molar refractivity (Wildman–Crippen MR) is 301 cm³/mol. The van der Waals surface area contributed by atoms with Crippen molar-refractivity contribution in [3.8, 4) is 0 Å². The second-order valence-corrected chi connectivity index (χ2v) is 20.0. The molecule has 1 aliphatic carbocycles. The van der Waals surface area contributed by atoms with Crippen molar-refractivity contribution in [2.45, 2.75) is 120 Å². The minimum absolute atomic E-state index is 0.104. The van der Waals surface area contributed by atoms with E-state index >= 15 is 0 Å².